The lowest BCUT2D eigenvalue weighted by atomic mass is 10.1. The van der Waals surface area contributed by atoms with Crippen LogP contribution in [0.15, 0.2) is 6.07 Å². The van der Waals surface area contributed by atoms with Gasteiger partial charge < -0.3 is 14.9 Å². The zero-order valence-corrected chi connectivity index (χ0v) is 9.65. The van der Waals surface area contributed by atoms with Crippen LogP contribution in [0.1, 0.15) is 35.0 Å². The Balaban J connectivity index is 3.36. The Hall–Kier alpha value is -2.12. The number of hydrogen-bond acceptors (Lipinski definition) is 5. The molecule has 1 aromatic rings. The molecule has 0 unspecified atom stereocenters. The normalized spacial score (nSPS) is 10.5. The summed E-state index contributed by atoms with van der Waals surface area (Å²) >= 11 is 0. The highest BCUT2D eigenvalue weighted by Crippen LogP contribution is 2.29. The van der Waals surface area contributed by atoms with Crippen LogP contribution in [0.25, 0.3) is 0 Å². The van der Waals surface area contributed by atoms with Crippen LogP contribution in [0.3, 0.4) is 0 Å². The van der Waals surface area contributed by atoms with E-state index in [1.807, 2.05) is 0 Å². The first-order valence-electron chi connectivity index (χ1n) is 4.99. The van der Waals surface area contributed by atoms with Crippen molar-refractivity contribution in [1.82, 2.24) is 4.98 Å². The van der Waals surface area contributed by atoms with E-state index >= 15 is 0 Å². The van der Waals surface area contributed by atoms with E-state index in [0.717, 1.165) is 6.07 Å². The monoisotopic (exact) mass is 260 g/mol. The van der Waals surface area contributed by atoms with E-state index in [1.54, 1.807) is 6.92 Å². The number of aryl methyl sites for hydroxylation is 1. The van der Waals surface area contributed by atoms with Gasteiger partial charge in [-0.25, -0.2) is 13.6 Å². The number of alkyl halides is 2. The van der Waals surface area contributed by atoms with Gasteiger partial charge in [-0.3, -0.25) is 0 Å². The van der Waals surface area contributed by atoms with Crippen LogP contribution in [-0.2, 0) is 4.74 Å². The fraction of sp³-hybridized carbons (Fsp3) is 0.400. The number of ether oxygens (including phenoxy) is 1. The number of carbonyl (C=O) groups is 1. The maximum Gasteiger partial charge on any atom is 0.372 e. The van der Waals surface area contributed by atoms with Crippen molar-refractivity contribution in [2.45, 2.75) is 20.3 Å². The van der Waals surface area contributed by atoms with Crippen molar-refractivity contribution in [3.63, 3.8) is 0 Å². The molecule has 0 atom stereocenters. The van der Waals surface area contributed by atoms with Crippen molar-refractivity contribution in [2.75, 3.05) is 6.61 Å². The Bertz CT molecular complexity index is 491. The summed E-state index contributed by atoms with van der Waals surface area (Å²) in [4.78, 5) is 24.4. The molecule has 0 aromatic carbocycles. The molecule has 0 fully saturated rings. The van der Waals surface area contributed by atoms with Crippen LogP contribution in [0.4, 0.5) is 14.6 Å². The summed E-state index contributed by atoms with van der Waals surface area (Å²) in [6.07, 6.45) is -3.09. The molecule has 8 heteroatoms. The minimum atomic E-state index is -3.09. The Morgan fingerprint density at radius 2 is 2.22 bits per heavy atom. The quantitative estimate of drug-likeness (QED) is 0.471. The molecule has 98 valence electrons. The fourth-order valence-electron chi connectivity index (χ4n) is 1.33. The number of aromatic nitrogens is 1. The molecular formula is C10H10F2N2O4. The maximum atomic E-state index is 12.7. The number of carbonyl (C=O) groups excluding carboxylic acids is 1. The fourth-order valence-corrected chi connectivity index (χ4v) is 1.33. The van der Waals surface area contributed by atoms with Crippen molar-refractivity contribution in [3.8, 4) is 0 Å². The first-order chi connectivity index (χ1) is 8.38. The molecule has 0 saturated carbocycles. The average Bonchev–Trinajstić information content (AvgIpc) is 2.28. The summed E-state index contributed by atoms with van der Waals surface area (Å²) in [6, 6.07) is 0.753. The molecule has 0 spiro atoms. The van der Waals surface area contributed by atoms with E-state index in [-0.39, 0.29) is 17.9 Å². The zero-order valence-electron chi connectivity index (χ0n) is 9.65. The summed E-state index contributed by atoms with van der Waals surface area (Å²) in [6.45, 7) is 2.94. The molecule has 0 amide bonds. The van der Waals surface area contributed by atoms with Crippen LogP contribution in [0, 0.1) is 17.0 Å². The van der Waals surface area contributed by atoms with Gasteiger partial charge in [0.15, 0.2) is 5.69 Å². The second kappa shape index (κ2) is 5.48. The van der Waals surface area contributed by atoms with Crippen LogP contribution in [0.5, 0.6) is 0 Å². The van der Waals surface area contributed by atoms with E-state index in [1.165, 1.54) is 6.92 Å². The van der Waals surface area contributed by atoms with Gasteiger partial charge in [-0.05, 0) is 22.9 Å². The van der Waals surface area contributed by atoms with Crippen LogP contribution >= 0.6 is 0 Å². The first kappa shape index (κ1) is 13.9. The standard InChI is InChI=1S/C10H10F2N2O4/c1-3-18-10(15)6-4-7(8(11)12)9(14(16)17)13-5(6)2/h4,8H,3H2,1-2H3. The largest absolute Gasteiger partial charge is 0.462 e. The Labute approximate surface area is 101 Å². The third-order valence-electron chi connectivity index (χ3n) is 2.12. The molecule has 0 aliphatic carbocycles. The highest BCUT2D eigenvalue weighted by Gasteiger charge is 2.28. The van der Waals surface area contributed by atoms with Gasteiger partial charge in [0.05, 0.1) is 6.61 Å². The van der Waals surface area contributed by atoms with Crippen molar-refractivity contribution in [1.29, 1.82) is 0 Å². The topological polar surface area (TPSA) is 82.3 Å². The second-order valence-corrected chi connectivity index (χ2v) is 3.31. The Morgan fingerprint density at radius 1 is 1.61 bits per heavy atom. The number of hydrogen-bond donors (Lipinski definition) is 0. The summed E-state index contributed by atoms with van der Waals surface area (Å²) in [7, 11) is 0. The number of esters is 1. The smallest absolute Gasteiger partial charge is 0.372 e. The number of nitro groups is 1. The van der Waals surface area contributed by atoms with Crippen molar-refractivity contribution in [2.24, 2.45) is 0 Å². The van der Waals surface area contributed by atoms with Gasteiger partial charge in [-0.1, -0.05) is 0 Å². The lowest BCUT2D eigenvalue weighted by Crippen LogP contribution is -2.11. The number of rotatable bonds is 4. The molecule has 18 heavy (non-hydrogen) atoms. The van der Waals surface area contributed by atoms with E-state index < -0.39 is 28.7 Å². The average molecular weight is 260 g/mol. The molecule has 0 N–H and O–H groups in total. The predicted molar refractivity (Wildman–Crippen MR) is 56.5 cm³/mol. The summed E-state index contributed by atoms with van der Waals surface area (Å²) in [5.41, 5.74) is -1.11. The number of pyridine rings is 1. The van der Waals surface area contributed by atoms with Crippen molar-refractivity contribution in [3.05, 3.63) is 33.0 Å². The lowest BCUT2D eigenvalue weighted by Gasteiger charge is -2.06. The predicted octanol–water partition coefficient (Wildman–Crippen LogP) is 2.41. The molecule has 1 aromatic heterocycles. The van der Waals surface area contributed by atoms with Crippen molar-refractivity contribution < 1.29 is 23.2 Å². The third-order valence-corrected chi connectivity index (χ3v) is 2.12. The van der Waals surface area contributed by atoms with Crippen LogP contribution in [0.2, 0.25) is 0 Å². The number of halogens is 2. The molecule has 1 heterocycles. The first-order valence-corrected chi connectivity index (χ1v) is 4.99. The lowest BCUT2D eigenvalue weighted by molar-refractivity contribution is -0.391. The minimum Gasteiger partial charge on any atom is -0.462 e. The van der Waals surface area contributed by atoms with Gasteiger partial charge in [0.1, 0.15) is 11.1 Å². The molecule has 0 aliphatic rings. The summed E-state index contributed by atoms with van der Waals surface area (Å²) < 4.78 is 30.0. The van der Waals surface area contributed by atoms with Gasteiger partial charge in [-0.2, -0.15) is 0 Å². The van der Waals surface area contributed by atoms with E-state index in [4.69, 9.17) is 0 Å². The zero-order chi connectivity index (χ0) is 13.9. The van der Waals surface area contributed by atoms with Gasteiger partial charge in [0, 0.05) is 6.92 Å². The van der Waals surface area contributed by atoms with Gasteiger partial charge in [-0.15, -0.1) is 0 Å². The van der Waals surface area contributed by atoms with E-state index in [0.29, 0.717) is 0 Å². The summed E-state index contributed by atoms with van der Waals surface area (Å²) in [5.74, 6) is -1.78. The van der Waals surface area contributed by atoms with E-state index in [9.17, 15) is 23.7 Å². The molecule has 6 nitrogen and oxygen atoms in total. The van der Waals surface area contributed by atoms with Crippen LogP contribution < -0.4 is 0 Å². The third kappa shape index (κ3) is 2.76. The highest BCUT2D eigenvalue weighted by atomic mass is 19.3. The molecule has 0 bridgehead atoms. The molecule has 0 aliphatic heterocycles. The van der Waals surface area contributed by atoms with Gasteiger partial charge >= 0.3 is 11.8 Å². The van der Waals surface area contributed by atoms with E-state index in [2.05, 4.69) is 9.72 Å². The minimum absolute atomic E-state index is 0.0236. The van der Waals surface area contributed by atoms with Crippen molar-refractivity contribution >= 4 is 11.8 Å². The Kier molecular flexibility index (Phi) is 4.24. The molecular weight excluding hydrogens is 250 g/mol. The SMILES string of the molecule is CCOC(=O)c1cc(C(F)F)c([N+](=O)[O-])nc1C. The molecule has 0 radical (unpaired) electrons. The van der Waals surface area contributed by atoms with Gasteiger partial charge in [0.25, 0.3) is 6.43 Å². The Morgan fingerprint density at radius 3 is 2.67 bits per heavy atom. The maximum absolute atomic E-state index is 12.7. The number of nitrogens with zero attached hydrogens (tertiary/aromatic N) is 2. The molecule has 1 rings (SSSR count). The summed E-state index contributed by atoms with van der Waals surface area (Å²) in [5, 5.41) is 10.6. The highest BCUT2D eigenvalue weighted by molar-refractivity contribution is 5.91. The van der Waals surface area contributed by atoms with Gasteiger partial charge in [0.2, 0.25) is 0 Å². The molecule has 0 saturated heterocycles. The second-order valence-electron chi connectivity index (χ2n) is 3.31. The van der Waals surface area contributed by atoms with Crippen LogP contribution in [-0.4, -0.2) is 22.5 Å².